The minimum absolute atomic E-state index is 0.0867. The first-order chi connectivity index (χ1) is 15.7. The van der Waals surface area contributed by atoms with Gasteiger partial charge in [-0.3, -0.25) is 9.36 Å². The van der Waals surface area contributed by atoms with E-state index in [0.717, 1.165) is 59.8 Å². The average molecular weight is 427 g/mol. The van der Waals surface area contributed by atoms with E-state index in [9.17, 15) is 4.79 Å². The molecule has 0 aliphatic carbocycles. The molecule has 6 nitrogen and oxygen atoms in total. The Morgan fingerprint density at radius 3 is 2.38 bits per heavy atom. The van der Waals surface area contributed by atoms with Crippen molar-refractivity contribution in [1.29, 1.82) is 0 Å². The molecule has 0 N–H and O–H groups in total. The van der Waals surface area contributed by atoms with Crippen LogP contribution in [-0.4, -0.2) is 53.6 Å². The Balaban J connectivity index is 1.28. The van der Waals surface area contributed by atoms with Gasteiger partial charge in [-0.2, -0.15) is 0 Å². The van der Waals surface area contributed by atoms with E-state index in [0.29, 0.717) is 6.54 Å². The SMILES string of the molecule is COc1ccc(N2CCCN(C(=O)c3ccc(-n4cnc5ccccc54)cc3)CC2)cc1. The van der Waals surface area contributed by atoms with Crippen LogP contribution < -0.4 is 9.64 Å². The summed E-state index contributed by atoms with van der Waals surface area (Å²) in [6.45, 7) is 3.22. The van der Waals surface area contributed by atoms with Crippen LogP contribution in [0.15, 0.2) is 79.1 Å². The standard InChI is InChI=1S/C26H26N4O2/c1-32-23-13-11-21(12-14-23)28-15-4-16-29(18-17-28)26(31)20-7-9-22(10-8-20)30-19-27-24-5-2-3-6-25(24)30/h2-3,5-14,19H,4,15-18H2,1H3. The fraction of sp³-hybridized carbons (Fsp3) is 0.231. The minimum Gasteiger partial charge on any atom is -0.497 e. The van der Waals surface area contributed by atoms with Gasteiger partial charge in [-0.25, -0.2) is 4.98 Å². The van der Waals surface area contributed by atoms with Gasteiger partial charge in [0.05, 0.1) is 18.1 Å². The molecule has 1 saturated heterocycles. The number of hydrogen-bond donors (Lipinski definition) is 0. The predicted molar refractivity (Wildman–Crippen MR) is 127 cm³/mol. The fourth-order valence-electron chi connectivity index (χ4n) is 4.28. The number of hydrogen-bond acceptors (Lipinski definition) is 4. The van der Waals surface area contributed by atoms with E-state index in [1.807, 2.05) is 76.5 Å². The van der Waals surface area contributed by atoms with Crippen molar-refractivity contribution in [2.75, 3.05) is 38.2 Å². The van der Waals surface area contributed by atoms with Crippen molar-refractivity contribution in [1.82, 2.24) is 14.5 Å². The number of nitrogens with zero attached hydrogens (tertiary/aromatic N) is 4. The molecule has 1 amide bonds. The van der Waals surface area contributed by atoms with E-state index < -0.39 is 0 Å². The number of anilines is 1. The summed E-state index contributed by atoms with van der Waals surface area (Å²) in [5.41, 5.74) is 4.89. The lowest BCUT2D eigenvalue weighted by atomic mass is 10.1. The van der Waals surface area contributed by atoms with E-state index in [4.69, 9.17) is 4.74 Å². The van der Waals surface area contributed by atoms with Gasteiger partial charge in [-0.15, -0.1) is 0 Å². The zero-order valence-corrected chi connectivity index (χ0v) is 18.1. The van der Waals surface area contributed by atoms with Crippen LogP contribution in [0.2, 0.25) is 0 Å². The smallest absolute Gasteiger partial charge is 0.253 e. The molecule has 6 heteroatoms. The summed E-state index contributed by atoms with van der Waals surface area (Å²) in [6, 6.07) is 24.0. The summed E-state index contributed by atoms with van der Waals surface area (Å²) in [5, 5.41) is 0. The predicted octanol–water partition coefficient (Wildman–Crippen LogP) is 4.39. The molecule has 0 bridgehead atoms. The zero-order valence-electron chi connectivity index (χ0n) is 18.1. The molecule has 0 atom stereocenters. The van der Waals surface area contributed by atoms with Crippen LogP contribution in [0.1, 0.15) is 16.8 Å². The Morgan fingerprint density at radius 2 is 1.59 bits per heavy atom. The number of para-hydroxylation sites is 2. The number of carbonyl (C=O) groups is 1. The highest BCUT2D eigenvalue weighted by Gasteiger charge is 2.20. The number of fused-ring (bicyclic) bond motifs is 1. The molecular formula is C26H26N4O2. The maximum absolute atomic E-state index is 13.2. The van der Waals surface area contributed by atoms with Crippen LogP contribution in [0.5, 0.6) is 5.75 Å². The summed E-state index contributed by atoms with van der Waals surface area (Å²) in [7, 11) is 1.68. The first-order valence-corrected chi connectivity index (χ1v) is 10.9. The number of rotatable bonds is 4. The number of amides is 1. The fourth-order valence-corrected chi connectivity index (χ4v) is 4.28. The number of ether oxygens (including phenoxy) is 1. The Morgan fingerprint density at radius 1 is 0.844 bits per heavy atom. The summed E-state index contributed by atoms with van der Waals surface area (Å²) in [5.74, 6) is 0.941. The van der Waals surface area contributed by atoms with Crippen LogP contribution in [0.4, 0.5) is 5.69 Å². The Hall–Kier alpha value is -3.80. The van der Waals surface area contributed by atoms with Gasteiger partial charge in [0.1, 0.15) is 12.1 Å². The molecule has 1 fully saturated rings. The van der Waals surface area contributed by atoms with Crippen LogP contribution in [0.25, 0.3) is 16.7 Å². The summed E-state index contributed by atoms with van der Waals surface area (Å²) in [4.78, 5) is 21.9. The normalized spacial score (nSPS) is 14.4. The highest BCUT2D eigenvalue weighted by Crippen LogP contribution is 2.22. The number of aromatic nitrogens is 2. The third-order valence-electron chi connectivity index (χ3n) is 6.07. The molecule has 0 radical (unpaired) electrons. The van der Waals surface area contributed by atoms with Crippen molar-refractivity contribution < 1.29 is 9.53 Å². The zero-order chi connectivity index (χ0) is 21.9. The van der Waals surface area contributed by atoms with Gasteiger partial charge in [0.15, 0.2) is 0 Å². The van der Waals surface area contributed by atoms with Crippen molar-refractivity contribution in [3.05, 3.63) is 84.7 Å². The van der Waals surface area contributed by atoms with Crippen molar-refractivity contribution >= 4 is 22.6 Å². The molecule has 4 aromatic rings. The number of imidazole rings is 1. The lowest BCUT2D eigenvalue weighted by Gasteiger charge is -2.24. The number of carbonyl (C=O) groups excluding carboxylic acids is 1. The third-order valence-corrected chi connectivity index (χ3v) is 6.07. The molecule has 162 valence electrons. The topological polar surface area (TPSA) is 50.6 Å². The summed E-state index contributed by atoms with van der Waals surface area (Å²) >= 11 is 0. The van der Waals surface area contributed by atoms with Gasteiger partial charge in [0.2, 0.25) is 0 Å². The maximum Gasteiger partial charge on any atom is 0.253 e. The van der Waals surface area contributed by atoms with Crippen molar-refractivity contribution in [3.8, 4) is 11.4 Å². The van der Waals surface area contributed by atoms with E-state index in [-0.39, 0.29) is 5.91 Å². The lowest BCUT2D eigenvalue weighted by molar-refractivity contribution is 0.0767. The van der Waals surface area contributed by atoms with Crippen LogP contribution in [0.3, 0.4) is 0 Å². The number of methoxy groups -OCH3 is 1. The Kier molecular flexibility index (Phi) is 5.50. The molecular weight excluding hydrogens is 400 g/mol. The van der Waals surface area contributed by atoms with Crippen LogP contribution >= 0.6 is 0 Å². The Bertz CT molecular complexity index is 1210. The van der Waals surface area contributed by atoms with Gasteiger partial charge < -0.3 is 14.5 Å². The van der Waals surface area contributed by atoms with Crippen LogP contribution in [0, 0.1) is 0 Å². The molecule has 0 spiro atoms. The second-order valence-corrected chi connectivity index (χ2v) is 7.98. The summed E-state index contributed by atoms with van der Waals surface area (Å²) in [6.07, 6.45) is 2.76. The Labute approximate surface area is 187 Å². The molecule has 32 heavy (non-hydrogen) atoms. The van der Waals surface area contributed by atoms with Gasteiger partial charge in [0, 0.05) is 43.1 Å². The minimum atomic E-state index is 0.0867. The molecule has 5 rings (SSSR count). The summed E-state index contributed by atoms with van der Waals surface area (Å²) < 4.78 is 7.30. The van der Waals surface area contributed by atoms with E-state index >= 15 is 0 Å². The first kappa shape index (κ1) is 20.1. The second kappa shape index (κ2) is 8.75. The van der Waals surface area contributed by atoms with E-state index in [2.05, 4.69) is 22.0 Å². The van der Waals surface area contributed by atoms with Gasteiger partial charge >= 0.3 is 0 Å². The molecule has 1 aliphatic heterocycles. The monoisotopic (exact) mass is 426 g/mol. The van der Waals surface area contributed by atoms with Crippen molar-refractivity contribution in [2.24, 2.45) is 0 Å². The molecule has 2 heterocycles. The highest BCUT2D eigenvalue weighted by atomic mass is 16.5. The average Bonchev–Trinajstić information content (AvgIpc) is 3.13. The van der Waals surface area contributed by atoms with E-state index in [1.54, 1.807) is 7.11 Å². The van der Waals surface area contributed by atoms with Gasteiger partial charge in [0.25, 0.3) is 5.91 Å². The largest absolute Gasteiger partial charge is 0.497 e. The molecule has 1 aromatic heterocycles. The van der Waals surface area contributed by atoms with Gasteiger partial charge in [-0.05, 0) is 67.1 Å². The lowest BCUT2D eigenvalue weighted by Crippen LogP contribution is -2.35. The number of benzene rings is 3. The molecule has 0 unspecified atom stereocenters. The van der Waals surface area contributed by atoms with Crippen LogP contribution in [-0.2, 0) is 0 Å². The van der Waals surface area contributed by atoms with Crippen molar-refractivity contribution in [2.45, 2.75) is 6.42 Å². The molecule has 3 aromatic carbocycles. The first-order valence-electron chi connectivity index (χ1n) is 10.9. The third kappa shape index (κ3) is 3.91. The quantitative estimate of drug-likeness (QED) is 0.486. The molecule has 0 saturated carbocycles. The second-order valence-electron chi connectivity index (χ2n) is 7.98. The highest BCUT2D eigenvalue weighted by molar-refractivity contribution is 5.94. The van der Waals surface area contributed by atoms with E-state index in [1.165, 1.54) is 0 Å². The maximum atomic E-state index is 13.2. The van der Waals surface area contributed by atoms with Gasteiger partial charge in [-0.1, -0.05) is 12.1 Å². The molecule has 1 aliphatic rings. The van der Waals surface area contributed by atoms with Crippen molar-refractivity contribution in [3.63, 3.8) is 0 Å².